The Morgan fingerprint density at radius 1 is 1.04 bits per heavy atom. The highest BCUT2D eigenvalue weighted by molar-refractivity contribution is 6.06. The van der Waals surface area contributed by atoms with E-state index in [0.29, 0.717) is 17.4 Å². The lowest BCUT2D eigenvalue weighted by Gasteiger charge is -2.19. The van der Waals surface area contributed by atoms with Gasteiger partial charge in [0.2, 0.25) is 11.8 Å². The van der Waals surface area contributed by atoms with Crippen molar-refractivity contribution in [2.75, 3.05) is 13.2 Å². The third-order valence-corrected chi connectivity index (χ3v) is 6.75. The van der Waals surface area contributed by atoms with E-state index in [1.54, 1.807) is 12.1 Å². The number of ketones is 1. The smallest absolute Gasteiger partial charge is 0.308 e. The molecule has 3 aliphatic rings. The summed E-state index contributed by atoms with van der Waals surface area (Å²) >= 11 is 0. The lowest BCUT2D eigenvalue weighted by molar-refractivity contribution is -0.145. The van der Waals surface area contributed by atoms with E-state index in [1.165, 1.54) is 4.90 Å². The van der Waals surface area contributed by atoms with Crippen LogP contribution in [0.3, 0.4) is 0 Å². The summed E-state index contributed by atoms with van der Waals surface area (Å²) in [6.45, 7) is 3.59. The number of esters is 1. The van der Waals surface area contributed by atoms with Crippen LogP contribution in [0.1, 0.15) is 47.2 Å². The van der Waals surface area contributed by atoms with E-state index in [9.17, 15) is 19.2 Å². The van der Waals surface area contributed by atoms with Gasteiger partial charge in [0.15, 0.2) is 12.4 Å². The summed E-state index contributed by atoms with van der Waals surface area (Å²) < 4.78 is 5.07. The maximum atomic E-state index is 12.6. The second-order valence-electron chi connectivity index (χ2n) is 8.35. The molecular weight excluding hydrogens is 358 g/mol. The molecule has 0 radical (unpaired) electrons. The van der Waals surface area contributed by atoms with Crippen LogP contribution < -0.4 is 0 Å². The Kier molecular flexibility index (Phi) is 4.81. The van der Waals surface area contributed by atoms with Crippen LogP contribution in [-0.4, -0.2) is 41.6 Å². The SMILES string of the molecule is Cc1ccc(C(=O)COC(=O)CCN2C(=O)[C@@H]3[C@H]4CC[C@H](C4)[C@@H]3C2=O)cc1C. The molecule has 4 atom stereocenters. The van der Waals surface area contributed by atoms with Gasteiger partial charge in [0.05, 0.1) is 18.3 Å². The predicted molar refractivity (Wildman–Crippen MR) is 100 cm³/mol. The quantitative estimate of drug-likeness (QED) is 0.428. The van der Waals surface area contributed by atoms with Gasteiger partial charge >= 0.3 is 5.97 Å². The molecule has 1 aliphatic heterocycles. The van der Waals surface area contributed by atoms with Crippen molar-refractivity contribution in [3.8, 4) is 0 Å². The lowest BCUT2D eigenvalue weighted by atomic mass is 9.81. The minimum Gasteiger partial charge on any atom is -0.457 e. The average molecular weight is 383 g/mol. The number of nitrogens with zero attached hydrogens (tertiary/aromatic N) is 1. The minimum atomic E-state index is -0.571. The molecule has 0 spiro atoms. The van der Waals surface area contributed by atoms with E-state index in [4.69, 9.17) is 4.74 Å². The van der Waals surface area contributed by atoms with E-state index in [0.717, 1.165) is 30.4 Å². The van der Waals surface area contributed by atoms with E-state index in [-0.39, 0.29) is 49.0 Å². The Morgan fingerprint density at radius 2 is 1.68 bits per heavy atom. The normalized spacial score (nSPS) is 28.0. The van der Waals surface area contributed by atoms with E-state index in [2.05, 4.69) is 0 Å². The number of benzene rings is 1. The van der Waals surface area contributed by atoms with Gasteiger partial charge in [0.25, 0.3) is 0 Å². The third kappa shape index (κ3) is 3.15. The van der Waals surface area contributed by atoms with Crippen molar-refractivity contribution >= 4 is 23.6 Å². The van der Waals surface area contributed by atoms with Crippen molar-refractivity contribution < 1.29 is 23.9 Å². The van der Waals surface area contributed by atoms with Crippen molar-refractivity contribution in [1.82, 2.24) is 4.90 Å². The number of likely N-dealkylation sites (tertiary alicyclic amines) is 1. The fourth-order valence-corrected chi connectivity index (χ4v) is 5.11. The summed E-state index contributed by atoms with van der Waals surface area (Å²) in [5.74, 6) is -0.767. The molecule has 6 nitrogen and oxygen atoms in total. The van der Waals surface area contributed by atoms with E-state index in [1.807, 2.05) is 19.9 Å². The molecule has 28 heavy (non-hydrogen) atoms. The molecule has 2 bridgehead atoms. The molecule has 1 heterocycles. The zero-order valence-electron chi connectivity index (χ0n) is 16.3. The van der Waals surface area contributed by atoms with Gasteiger partial charge in [-0.1, -0.05) is 12.1 Å². The number of imide groups is 1. The Hall–Kier alpha value is -2.50. The summed E-state index contributed by atoms with van der Waals surface area (Å²) in [5.41, 5.74) is 2.60. The van der Waals surface area contributed by atoms with Crippen molar-refractivity contribution in [2.24, 2.45) is 23.7 Å². The summed E-state index contributed by atoms with van der Waals surface area (Å²) in [6, 6.07) is 5.35. The Balaban J connectivity index is 1.28. The largest absolute Gasteiger partial charge is 0.457 e. The first-order valence-electron chi connectivity index (χ1n) is 9.98. The van der Waals surface area contributed by atoms with Crippen molar-refractivity contribution in [3.05, 3.63) is 34.9 Å². The molecule has 2 amide bonds. The molecule has 1 aromatic carbocycles. The average Bonchev–Trinajstić information content (AvgIpc) is 3.35. The van der Waals surface area contributed by atoms with Crippen molar-refractivity contribution in [1.29, 1.82) is 0 Å². The maximum absolute atomic E-state index is 12.6. The van der Waals surface area contributed by atoms with Gasteiger partial charge in [-0.25, -0.2) is 0 Å². The van der Waals surface area contributed by atoms with Crippen LogP contribution in [0.25, 0.3) is 0 Å². The van der Waals surface area contributed by atoms with Gasteiger partial charge in [-0.3, -0.25) is 24.1 Å². The van der Waals surface area contributed by atoms with E-state index >= 15 is 0 Å². The van der Waals surface area contributed by atoms with Gasteiger partial charge in [0.1, 0.15) is 0 Å². The molecule has 0 N–H and O–H groups in total. The number of carbonyl (C=O) groups excluding carboxylic acids is 4. The van der Waals surface area contributed by atoms with Crippen LogP contribution in [0.5, 0.6) is 0 Å². The van der Waals surface area contributed by atoms with Crippen molar-refractivity contribution in [2.45, 2.75) is 39.5 Å². The zero-order chi connectivity index (χ0) is 20.0. The molecule has 1 saturated heterocycles. The Labute approximate surface area is 164 Å². The van der Waals surface area contributed by atoms with Crippen LogP contribution in [0.2, 0.25) is 0 Å². The third-order valence-electron chi connectivity index (χ3n) is 6.75. The molecule has 0 aromatic heterocycles. The number of amides is 2. The molecule has 1 aromatic rings. The number of aryl methyl sites for hydroxylation is 2. The molecule has 0 unspecified atom stereocenters. The molecule has 2 aliphatic carbocycles. The molecule has 2 saturated carbocycles. The molecular formula is C22H25NO5. The fourth-order valence-electron chi connectivity index (χ4n) is 5.11. The predicted octanol–water partition coefficient (Wildman–Crippen LogP) is 2.45. The maximum Gasteiger partial charge on any atom is 0.308 e. The number of hydrogen-bond acceptors (Lipinski definition) is 5. The van der Waals surface area contributed by atoms with Crippen LogP contribution in [0.4, 0.5) is 0 Å². The highest BCUT2D eigenvalue weighted by Crippen LogP contribution is 2.56. The van der Waals surface area contributed by atoms with Crippen LogP contribution in [-0.2, 0) is 19.1 Å². The van der Waals surface area contributed by atoms with Gasteiger partial charge in [0, 0.05) is 12.1 Å². The van der Waals surface area contributed by atoms with Crippen LogP contribution in [0.15, 0.2) is 18.2 Å². The number of ether oxygens (including phenoxy) is 1. The van der Waals surface area contributed by atoms with Gasteiger partial charge in [-0.05, 0) is 62.1 Å². The van der Waals surface area contributed by atoms with Gasteiger partial charge in [-0.15, -0.1) is 0 Å². The number of Topliss-reactive ketones (excluding diaryl/α,β-unsaturated/α-hetero) is 1. The number of fused-ring (bicyclic) bond motifs is 5. The second kappa shape index (κ2) is 7.15. The molecule has 148 valence electrons. The summed E-state index contributed by atoms with van der Waals surface area (Å²) in [6.07, 6.45) is 2.97. The molecule has 3 fully saturated rings. The number of rotatable bonds is 6. The van der Waals surface area contributed by atoms with E-state index < -0.39 is 5.97 Å². The first-order valence-corrected chi connectivity index (χ1v) is 9.98. The topological polar surface area (TPSA) is 80.8 Å². The Bertz CT molecular complexity index is 832. The van der Waals surface area contributed by atoms with Crippen molar-refractivity contribution in [3.63, 3.8) is 0 Å². The van der Waals surface area contributed by atoms with Crippen LogP contribution >= 0.6 is 0 Å². The van der Waals surface area contributed by atoms with Gasteiger partial charge in [-0.2, -0.15) is 0 Å². The Morgan fingerprint density at radius 3 is 2.29 bits per heavy atom. The number of carbonyl (C=O) groups is 4. The monoisotopic (exact) mass is 383 g/mol. The lowest BCUT2D eigenvalue weighted by Crippen LogP contribution is -2.35. The second-order valence-corrected chi connectivity index (χ2v) is 8.35. The summed E-state index contributed by atoms with van der Waals surface area (Å²) in [4.78, 5) is 50.7. The number of hydrogen-bond donors (Lipinski definition) is 0. The molecule has 6 heteroatoms. The first kappa shape index (κ1) is 18.8. The standard InChI is InChI=1S/C22H25NO5/c1-12-3-4-14(9-13(12)2)17(24)11-28-18(25)7-8-23-21(26)19-15-5-6-16(10-15)20(19)22(23)27/h3-4,9,15-16,19-20H,5-8,10-11H2,1-2H3/t15-,16+,19+,20-. The van der Waals surface area contributed by atoms with Gasteiger partial charge < -0.3 is 4.74 Å². The highest BCUT2D eigenvalue weighted by Gasteiger charge is 2.60. The zero-order valence-corrected chi connectivity index (χ0v) is 16.3. The van der Waals surface area contributed by atoms with Crippen LogP contribution in [0, 0.1) is 37.5 Å². The summed E-state index contributed by atoms with van der Waals surface area (Å²) in [7, 11) is 0. The molecule has 4 rings (SSSR count). The first-order chi connectivity index (χ1) is 13.4. The minimum absolute atomic E-state index is 0.0424. The fraction of sp³-hybridized carbons (Fsp3) is 0.545. The summed E-state index contributed by atoms with van der Waals surface area (Å²) in [5, 5.41) is 0. The highest BCUT2D eigenvalue weighted by atomic mass is 16.5.